The Kier molecular flexibility index (Phi) is 11.4. The van der Waals surface area contributed by atoms with Crippen molar-refractivity contribution in [3.05, 3.63) is 0 Å². The molecule has 0 bridgehead atoms. The largest absolute Gasteiger partial charge is 0.304 e. The third-order valence-corrected chi connectivity index (χ3v) is 3.55. The molecule has 98 valence electrons. The summed E-state index contributed by atoms with van der Waals surface area (Å²) in [5, 5.41) is 0. The van der Waals surface area contributed by atoms with E-state index in [4.69, 9.17) is 0 Å². The van der Waals surface area contributed by atoms with Gasteiger partial charge in [0.15, 0.2) is 0 Å². The molecule has 1 unspecified atom stereocenters. The first-order valence-corrected chi connectivity index (χ1v) is 7.42. The van der Waals surface area contributed by atoms with Crippen LogP contribution in [0.25, 0.3) is 0 Å². The molecule has 0 saturated carbocycles. The van der Waals surface area contributed by atoms with Crippen molar-refractivity contribution in [3.63, 3.8) is 0 Å². The smallest absolute Gasteiger partial charge is 0.00638 e. The highest BCUT2D eigenvalue weighted by Gasteiger charge is 2.06. The summed E-state index contributed by atoms with van der Waals surface area (Å²) >= 11 is 0. The van der Waals surface area contributed by atoms with Crippen molar-refractivity contribution in [3.8, 4) is 0 Å². The lowest BCUT2D eigenvalue weighted by molar-refractivity contribution is 0.241. The summed E-state index contributed by atoms with van der Waals surface area (Å²) in [5.74, 6) is 0. The first kappa shape index (κ1) is 16.0. The summed E-state index contributed by atoms with van der Waals surface area (Å²) in [5.41, 5.74) is 0. The zero-order valence-electron chi connectivity index (χ0n) is 12.1. The summed E-state index contributed by atoms with van der Waals surface area (Å²) in [6, 6.07) is 0.774. The van der Waals surface area contributed by atoms with E-state index in [-0.39, 0.29) is 0 Å². The fourth-order valence-corrected chi connectivity index (χ4v) is 2.19. The topological polar surface area (TPSA) is 3.24 Å². The molecule has 0 aromatic carbocycles. The van der Waals surface area contributed by atoms with E-state index in [1.54, 1.807) is 0 Å². The molecule has 1 atom stereocenters. The van der Waals surface area contributed by atoms with Crippen molar-refractivity contribution in [2.75, 3.05) is 13.6 Å². The highest BCUT2D eigenvalue weighted by atomic mass is 15.1. The molecule has 0 N–H and O–H groups in total. The second-order valence-corrected chi connectivity index (χ2v) is 5.24. The van der Waals surface area contributed by atoms with Crippen LogP contribution in [0.15, 0.2) is 0 Å². The van der Waals surface area contributed by atoms with Crippen LogP contribution in [0.5, 0.6) is 0 Å². The van der Waals surface area contributed by atoms with E-state index in [1.807, 2.05) is 0 Å². The normalized spacial score (nSPS) is 13.3. The van der Waals surface area contributed by atoms with Crippen molar-refractivity contribution >= 4 is 0 Å². The second-order valence-electron chi connectivity index (χ2n) is 5.24. The predicted molar refractivity (Wildman–Crippen MR) is 75.0 cm³/mol. The van der Waals surface area contributed by atoms with Crippen LogP contribution in [0.1, 0.15) is 78.6 Å². The van der Waals surface area contributed by atoms with Crippen molar-refractivity contribution in [2.45, 2.75) is 84.6 Å². The van der Waals surface area contributed by atoms with Gasteiger partial charge in [0.1, 0.15) is 0 Å². The summed E-state index contributed by atoms with van der Waals surface area (Å²) in [7, 11) is 2.26. The van der Waals surface area contributed by atoms with Gasteiger partial charge in [0.25, 0.3) is 0 Å². The Balaban J connectivity index is 3.23. The fourth-order valence-electron chi connectivity index (χ4n) is 2.19. The molecule has 0 rings (SSSR count). The third kappa shape index (κ3) is 9.21. The van der Waals surface area contributed by atoms with Gasteiger partial charge in [-0.3, -0.25) is 0 Å². The zero-order chi connectivity index (χ0) is 12.2. The van der Waals surface area contributed by atoms with E-state index in [9.17, 15) is 0 Å². The van der Waals surface area contributed by atoms with E-state index in [2.05, 4.69) is 32.7 Å². The van der Waals surface area contributed by atoms with Crippen molar-refractivity contribution in [2.24, 2.45) is 0 Å². The van der Waals surface area contributed by atoms with Gasteiger partial charge in [-0.15, -0.1) is 0 Å². The molecule has 0 aliphatic heterocycles. The number of rotatable bonds is 11. The van der Waals surface area contributed by atoms with Gasteiger partial charge in [0.05, 0.1) is 0 Å². The van der Waals surface area contributed by atoms with E-state index in [1.165, 1.54) is 64.3 Å². The number of nitrogens with zero attached hydrogens (tertiary/aromatic N) is 1. The van der Waals surface area contributed by atoms with Gasteiger partial charge < -0.3 is 4.90 Å². The minimum Gasteiger partial charge on any atom is -0.304 e. The van der Waals surface area contributed by atoms with Crippen LogP contribution in [0, 0.1) is 0 Å². The quantitative estimate of drug-likeness (QED) is 0.456. The predicted octanol–water partition coefficient (Wildman–Crippen LogP) is 4.86. The third-order valence-electron chi connectivity index (χ3n) is 3.55. The Bertz CT molecular complexity index is 133. The highest BCUT2D eigenvalue weighted by Crippen LogP contribution is 2.11. The number of hydrogen-bond acceptors (Lipinski definition) is 1. The maximum Gasteiger partial charge on any atom is 0.00638 e. The molecule has 0 fully saturated rings. The van der Waals surface area contributed by atoms with E-state index >= 15 is 0 Å². The lowest BCUT2D eigenvalue weighted by Crippen LogP contribution is -2.29. The lowest BCUT2D eigenvalue weighted by atomic mass is 10.1. The van der Waals surface area contributed by atoms with Gasteiger partial charge in [0, 0.05) is 6.04 Å². The van der Waals surface area contributed by atoms with Crippen molar-refractivity contribution in [1.29, 1.82) is 0 Å². The summed E-state index contributed by atoms with van der Waals surface area (Å²) in [6.45, 7) is 8.16. The second kappa shape index (κ2) is 11.4. The van der Waals surface area contributed by atoms with Crippen LogP contribution in [-0.4, -0.2) is 24.5 Å². The first-order chi connectivity index (χ1) is 7.72. The molecule has 0 radical (unpaired) electrons. The fraction of sp³-hybridized carbons (Fsp3) is 1.00. The van der Waals surface area contributed by atoms with Gasteiger partial charge >= 0.3 is 0 Å². The molecule has 0 heterocycles. The molecule has 0 aromatic heterocycles. The molecule has 0 aliphatic carbocycles. The van der Waals surface area contributed by atoms with E-state index in [0.717, 1.165) is 6.04 Å². The van der Waals surface area contributed by atoms with Crippen LogP contribution in [0.4, 0.5) is 0 Å². The summed E-state index contributed by atoms with van der Waals surface area (Å²) < 4.78 is 0. The van der Waals surface area contributed by atoms with Crippen molar-refractivity contribution in [1.82, 2.24) is 4.90 Å². The Hall–Kier alpha value is -0.0400. The minimum absolute atomic E-state index is 0.774. The highest BCUT2D eigenvalue weighted by molar-refractivity contribution is 4.62. The van der Waals surface area contributed by atoms with Crippen LogP contribution in [0.3, 0.4) is 0 Å². The molecular weight excluding hydrogens is 194 g/mol. The molecular formula is C15H33N. The molecule has 0 spiro atoms. The van der Waals surface area contributed by atoms with Gasteiger partial charge in [-0.2, -0.15) is 0 Å². The average Bonchev–Trinajstić information content (AvgIpc) is 2.28. The maximum absolute atomic E-state index is 2.50. The standard InChI is InChI=1S/C15H33N/c1-5-7-8-9-10-11-12-13-15(3)16(4)14-6-2/h15H,5-14H2,1-4H3. The SMILES string of the molecule is CCCCCCCCCC(C)N(C)CCC. The molecule has 1 nitrogen and oxygen atoms in total. The molecule has 1 heteroatoms. The molecule has 0 amide bonds. The van der Waals surface area contributed by atoms with E-state index < -0.39 is 0 Å². The van der Waals surface area contributed by atoms with Crippen molar-refractivity contribution < 1.29 is 0 Å². The molecule has 0 aliphatic rings. The van der Waals surface area contributed by atoms with Gasteiger partial charge in [-0.25, -0.2) is 0 Å². The summed E-state index contributed by atoms with van der Waals surface area (Å²) in [6.07, 6.45) is 12.6. The summed E-state index contributed by atoms with van der Waals surface area (Å²) in [4.78, 5) is 2.50. The number of hydrogen-bond donors (Lipinski definition) is 0. The van der Waals surface area contributed by atoms with Gasteiger partial charge in [-0.05, 0) is 33.4 Å². The molecule has 0 saturated heterocycles. The van der Waals surface area contributed by atoms with Crippen LogP contribution < -0.4 is 0 Å². The monoisotopic (exact) mass is 227 g/mol. The Morgan fingerprint density at radius 2 is 1.38 bits per heavy atom. The maximum atomic E-state index is 2.50. The average molecular weight is 227 g/mol. The minimum atomic E-state index is 0.774. The zero-order valence-corrected chi connectivity index (χ0v) is 12.1. The molecule has 16 heavy (non-hydrogen) atoms. The van der Waals surface area contributed by atoms with Gasteiger partial charge in [0.2, 0.25) is 0 Å². The Morgan fingerprint density at radius 3 is 1.94 bits per heavy atom. The van der Waals surface area contributed by atoms with Crippen LogP contribution in [0.2, 0.25) is 0 Å². The van der Waals surface area contributed by atoms with Crippen LogP contribution >= 0.6 is 0 Å². The Morgan fingerprint density at radius 1 is 0.812 bits per heavy atom. The number of unbranched alkanes of at least 4 members (excludes halogenated alkanes) is 6. The lowest BCUT2D eigenvalue weighted by Gasteiger charge is -2.23. The van der Waals surface area contributed by atoms with Gasteiger partial charge in [-0.1, -0.05) is 58.8 Å². The molecule has 0 aromatic rings. The van der Waals surface area contributed by atoms with E-state index in [0.29, 0.717) is 0 Å². The van der Waals surface area contributed by atoms with Crippen LogP contribution in [-0.2, 0) is 0 Å². The Labute approximate surface area is 104 Å². The first-order valence-electron chi connectivity index (χ1n) is 7.42.